The molecule has 1 saturated heterocycles. The zero-order valence-corrected chi connectivity index (χ0v) is 13.3. The number of nitrogens with zero attached hydrogens (tertiary/aromatic N) is 1. The summed E-state index contributed by atoms with van der Waals surface area (Å²) in [5.74, 6) is -1.36. The Hall–Kier alpha value is -2.49. The predicted octanol–water partition coefficient (Wildman–Crippen LogP) is -0.425. The van der Waals surface area contributed by atoms with Crippen LogP contribution in [-0.2, 0) is 23.8 Å². The molecule has 1 N–H and O–H groups in total. The van der Waals surface area contributed by atoms with E-state index < -0.39 is 47.8 Å². The van der Waals surface area contributed by atoms with Gasteiger partial charge in [0.05, 0.1) is 0 Å². The number of aromatic nitrogens is 2. The quantitative estimate of drug-likeness (QED) is 0.737. The molecular weight excluding hydrogens is 327 g/mol. The second kappa shape index (κ2) is 6.95. The maximum atomic E-state index is 14.7. The number of ether oxygens (including phenoxy) is 3. The molecule has 4 atom stereocenters. The predicted molar refractivity (Wildman–Crippen MR) is 77.1 cm³/mol. The lowest BCUT2D eigenvalue weighted by molar-refractivity contribution is -0.156. The summed E-state index contributed by atoms with van der Waals surface area (Å²) in [7, 11) is 0. The van der Waals surface area contributed by atoms with Gasteiger partial charge < -0.3 is 14.2 Å². The fourth-order valence-electron chi connectivity index (χ4n) is 2.36. The van der Waals surface area contributed by atoms with E-state index >= 15 is 0 Å². The van der Waals surface area contributed by atoms with Crippen LogP contribution in [-0.4, -0.2) is 46.5 Å². The minimum absolute atomic E-state index is 0.179. The molecular formula is C14H17FN2O7. The van der Waals surface area contributed by atoms with Crippen molar-refractivity contribution in [1.82, 2.24) is 9.55 Å². The molecule has 0 unspecified atom stereocenters. The van der Waals surface area contributed by atoms with Crippen LogP contribution in [0.5, 0.6) is 0 Å². The van der Waals surface area contributed by atoms with Crippen molar-refractivity contribution in [3.05, 3.63) is 32.6 Å². The summed E-state index contributed by atoms with van der Waals surface area (Å²) in [6.45, 7) is 3.35. The van der Waals surface area contributed by atoms with Gasteiger partial charge in [-0.1, -0.05) is 0 Å². The summed E-state index contributed by atoms with van der Waals surface area (Å²) in [4.78, 5) is 47.4. The molecule has 0 radical (unpaired) electrons. The van der Waals surface area contributed by atoms with Gasteiger partial charge in [-0.05, 0) is 6.92 Å². The van der Waals surface area contributed by atoms with Crippen molar-refractivity contribution in [3.8, 4) is 0 Å². The zero-order valence-electron chi connectivity index (χ0n) is 13.3. The standard InChI is InChI=1S/C14H17FN2O7/c1-6-4-17(14(21)16-12(6)20)13-10(15)11(23-8(3)19)9(24-13)5-22-7(2)18/h4,9-11,13H,5H2,1-3H3,(H,16,20,21)/t9-,10+,11-,13+/m1/s1. The minimum Gasteiger partial charge on any atom is -0.463 e. The molecule has 1 aliphatic heterocycles. The molecule has 24 heavy (non-hydrogen) atoms. The molecule has 1 aliphatic rings. The zero-order chi connectivity index (χ0) is 18.0. The molecule has 2 heterocycles. The maximum absolute atomic E-state index is 14.7. The SMILES string of the molecule is CC(=O)OC[C@H]1O[C@H](n2cc(C)c(=O)[nH]c2=O)[C@@H](F)[C@@H]1OC(C)=O. The van der Waals surface area contributed by atoms with E-state index in [1.54, 1.807) is 0 Å². The Balaban J connectivity index is 2.33. The molecule has 0 amide bonds. The molecule has 132 valence electrons. The van der Waals surface area contributed by atoms with Gasteiger partial charge in [-0.15, -0.1) is 0 Å². The monoisotopic (exact) mass is 344 g/mol. The molecule has 10 heteroatoms. The van der Waals surface area contributed by atoms with Gasteiger partial charge in [0.1, 0.15) is 12.7 Å². The fourth-order valence-corrected chi connectivity index (χ4v) is 2.36. The second-order valence-electron chi connectivity index (χ2n) is 5.36. The first-order valence-corrected chi connectivity index (χ1v) is 7.13. The summed E-state index contributed by atoms with van der Waals surface area (Å²) in [6.07, 6.45) is -4.62. The molecule has 0 spiro atoms. The molecule has 0 bridgehead atoms. The second-order valence-corrected chi connectivity index (χ2v) is 5.36. The molecule has 0 aromatic carbocycles. The summed E-state index contributed by atoms with van der Waals surface area (Å²) < 4.78 is 30.6. The van der Waals surface area contributed by atoms with Gasteiger partial charge >= 0.3 is 17.6 Å². The van der Waals surface area contributed by atoms with E-state index in [-0.39, 0.29) is 12.2 Å². The van der Waals surface area contributed by atoms with Crippen molar-refractivity contribution in [2.24, 2.45) is 0 Å². The number of esters is 2. The lowest BCUT2D eigenvalue weighted by Gasteiger charge is -2.18. The van der Waals surface area contributed by atoms with E-state index in [1.165, 1.54) is 6.92 Å². The normalized spacial score (nSPS) is 26.2. The molecule has 0 aliphatic carbocycles. The van der Waals surface area contributed by atoms with E-state index in [9.17, 15) is 23.6 Å². The van der Waals surface area contributed by atoms with Crippen LogP contribution in [0.15, 0.2) is 15.8 Å². The number of nitrogens with one attached hydrogen (secondary N) is 1. The molecule has 1 aromatic rings. The van der Waals surface area contributed by atoms with Crippen molar-refractivity contribution in [1.29, 1.82) is 0 Å². The summed E-state index contributed by atoms with van der Waals surface area (Å²) in [6, 6.07) is 0. The van der Waals surface area contributed by atoms with Crippen molar-refractivity contribution >= 4 is 11.9 Å². The topological polar surface area (TPSA) is 117 Å². The highest BCUT2D eigenvalue weighted by Crippen LogP contribution is 2.33. The Bertz CT molecular complexity index is 756. The number of halogens is 1. The van der Waals surface area contributed by atoms with Gasteiger partial charge in [0.15, 0.2) is 18.5 Å². The van der Waals surface area contributed by atoms with Gasteiger partial charge in [-0.3, -0.25) is 23.9 Å². The number of H-pyrrole nitrogens is 1. The number of aromatic amines is 1. The summed E-state index contributed by atoms with van der Waals surface area (Å²) >= 11 is 0. The van der Waals surface area contributed by atoms with Crippen LogP contribution in [0, 0.1) is 6.92 Å². The largest absolute Gasteiger partial charge is 0.463 e. The number of alkyl halides is 1. The number of aryl methyl sites for hydroxylation is 1. The van der Waals surface area contributed by atoms with Crippen LogP contribution in [0.2, 0.25) is 0 Å². The minimum atomic E-state index is -1.89. The van der Waals surface area contributed by atoms with Crippen LogP contribution in [0.4, 0.5) is 4.39 Å². The van der Waals surface area contributed by atoms with Crippen LogP contribution in [0.3, 0.4) is 0 Å². The number of hydrogen-bond acceptors (Lipinski definition) is 7. The summed E-state index contributed by atoms with van der Waals surface area (Å²) in [5.41, 5.74) is -1.29. The summed E-state index contributed by atoms with van der Waals surface area (Å²) in [5, 5.41) is 0. The molecule has 9 nitrogen and oxygen atoms in total. The van der Waals surface area contributed by atoms with Crippen molar-refractivity contribution in [2.75, 3.05) is 6.61 Å². The third-order valence-corrected chi connectivity index (χ3v) is 3.44. The van der Waals surface area contributed by atoms with Gasteiger partial charge in [0, 0.05) is 25.6 Å². The average Bonchev–Trinajstić information content (AvgIpc) is 2.77. The maximum Gasteiger partial charge on any atom is 0.330 e. The first-order valence-electron chi connectivity index (χ1n) is 7.13. The number of hydrogen-bond donors (Lipinski definition) is 1. The Labute approximate surface area is 135 Å². The van der Waals surface area contributed by atoms with Crippen LogP contribution in [0.1, 0.15) is 25.6 Å². The molecule has 1 aromatic heterocycles. The van der Waals surface area contributed by atoms with E-state index in [0.717, 1.165) is 24.6 Å². The lowest BCUT2D eigenvalue weighted by atomic mass is 10.1. The highest BCUT2D eigenvalue weighted by molar-refractivity contribution is 5.66. The smallest absolute Gasteiger partial charge is 0.330 e. The van der Waals surface area contributed by atoms with E-state index in [4.69, 9.17) is 14.2 Å². The van der Waals surface area contributed by atoms with Gasteiger partial charge in [0.25, 0.3) is 5.56 Å². The van der Waals surface area contributed by atoms with Gasteiger partial charge in [-0.25, -0.2) is 9.18 Å². The Morgan fingerprint density at radius 3 is 2.58 bits per heavy atom. The van der Waals surface area contributed by atoms with E-state index in [1.807, 2.05) is 4.98 Å². The van der Waals surface area contributed by atoms with Crippen molar-refractivity contribution in [3.63, 3.8) is 0 Å². The highest BCUT2D eigenvalue weighted by Gasteiger charge is 2.49. The van der Waals surface area contributed by atoms with Crippen LogP contribution < -0.4 is 11.2 Å². The lowest BCUT2D eigenvalue weighted by Crippen LogP contribution is -2.38. The van der Waals surface area contributed by atoms with E-state index in [2.05, 4.69) is 0 Å². The number of rotatable bonds is 4. The number of carbonyl (C=O) groups excluding carboxylic acids is 2. The molecule has 1 fully saturated rings. The van der Waals surface area contributed by atoms with Crippen LogP contribution >= 0.6 is 0 Å². The highest BCUT2D eigenvalue weighted by atomic mass is 19.1. The van der Waals surface area contributed by atoms with Crippen molar-refractivity contribution in [2.45, 2.75) is 45.4 Å². The number of carbonyl (C=O) groups is 2. The Morgan fingerprint density at radius 2 is 2.00 bits per heavy atom. The molecule has 2 rings (SSSR count). The third-order valence-electron chi connectivity index (χ3n) is 3.44. The van der Waals surface area contributed by atoms with Gasteiger partial charge in [0.2, 0.25) is 0 Å². The first-order chi connectivity index (χ1) is 11.2. The van der Waals surface area contributed by atoms with Gasteiger partial charge in [-0.2, -0.15) is 0 Å². The Kier molecular flexibility index (Phi) is 5.17. The third kappa shape index (κ3) is 3.70. The average molecular weight is 344 g/mol. The first kappa shape index (κ1) is 17.9. The Morgan fingerprint density at radius 1 is 1.33 bits per heavy atom. The fraction of sp³-hybridized carbons (Fsp3) is 0.571. The van der Waals surface area contributed by atoms with Crippen LogP contribution in [0.25, 0.3) is 0 Å². The van der Waals surface area contributed by atoms with E-state index in [0.29, 0.717) is 0 Å². The van der Waals surface area contributed by atoms with Crippen molar-refractivity contribution < 1.29 is 28.2 Å². The molecule has 0 saturated carbocycles.